The van der Waals surface area contributed by atoms with Crippen LogP contribution in [0.5, 0.6) is 5.75 Å². The lowest BCUT2D eigenvalue weighted by Gasteiger charge is -2.00. The van der Waals surface area contributed by atoms with Gasteiger partial charge in [0.2, 0.25) is 11.7 Å². The molecule has 2 rings (SSSR count). The molecule has 0 atom stereocenters. The lowest BCUT2D eigenvalue weighted by Crippen LogP contribution is -2.02. The van der Waals surface area contributed by atoms with Crippen LogP contribution in [0.3, 0.4) is 0 Å². The Balaban J connectivity index is 2.20. The summed E-state index contributed by atoms with van der Waals surface area (Å²) in [5.74, 6) is 0.712. The minimum atomic E-state index is -0.509. The van der Waals surface area contributed by atoms with Crippen LogP contribution in [0.4, 0.5) is 0 Å². The third kappa shape index (κ3) is 2.51. The molecule has 0 radical (unpaired) electrons. The first-order chi connectivity index (χ1) is 8.74. The molecule has 0 aliphatic heterocycles. The number of methoxy groups -OCH3 is 1. The van der Waals surface area contributed by atoms with E-state index in [2.05, 4.69) is 4.98 Å². The first-order valence-corrected chi connectivity index (χ1v) is 5.52. The molecule has 5 heteroatoms. The molecule has 0 amide bonds. The van der Waals surface area contributed by atoms with E-state index in [1.807, 2.05) is 0 Å². The van der Waals surface area contributed by atoms with Gasteiger partial charge in [-0.15, -0.1) is 0 Å². The highest BCUT2D eigenvalue weighted by Crippen LogP contribution is 2.22. The summed E-state index contributed by atoms with van der Waals surface area (Å²) in [5.41, 5.74) is 0.770. The third-order valence-electron chi connectivity index (χ3n) is 2.32. The van der Waals surface area contributed by atoms with Crippen molar-refractivity contribution in [2.45, 2.75) is 6.92 Å². The molecule has 0 saturated heterocycles. The topological polar surface area (TPSA) is 61.6 Å². The van der Waals surface area contributed by atoms with Crippen molar-refractivity contribution < 1.29 is 18.7 Å². The minimum absolute atomic E-state index is 0.0997. The fourth-order valence-corrected chi connectivity index (χ4v) is 1.44. The molecule has 1 aromatic heterocycles. The quantitative estimate of drug-likeness (QED) is 0.777. The summed E-state index contributed by atoms with van der Waals surface area (Å²) in [6, 6.07) is 7.20. The van der Waals surface area contributed by atoms with Gasteiger partial charge in [0.05, 0.1) is 19.9 Å². The van der Waals surface area contributed by atoms with Crippen LogP contribution in [0.2, 0.25) is 0 Å². The predicted octanol–water partition coefficient (Wildman–Crippen LogP) is 2.53. The Labute approximate surface area is 104 Å². The number of hydrogen-bond acceptors (Lipinski definition) is 5. The van der Waals surface area contributed by atoms with Gasteiger partial charge in [0, 0.05) is 5.56 Å². The summed E-state index contributed by atoms with van der Waals surface area (Å²) >= 11 is 0. The van der Waals surface area contributed by atoms with Gasteiger partial charge in [-0.2, -0.15) is 0 Å². The predicted molar refractivity (Wildman–Crippen MR) is 64.4 cm³/mol. The Morgan fingerprint density at radius 2 is 2.06 bits per heavy atom. The fourth-order valence-electron chi connectivity index (χ4n) is 1.44. The molecule has 94 valence electrons. The number of aromatic nitrogens is 1. The molecule has 5 nitrogen and oxygen atoms in total. The fraction of sp³-hybridized carbons (Fsp3) is 0.231. The summed E-state index contributed by atoms with van der Waals surface area (Å²) in [5, 5.41) is 0. The van der Waals surface area contributed by atoms with Crippen molar-refractivity contribution in [1.82, 2.24) is 4.98 Å². The summed E-state index contributed by atoms with van der Waals surface area (Å²) in [7, 11) is 1.60. The van der Waals surface area contributed by atoms with Gasteiger partial charge in [-0.3, -0.25) is 0 Å². The van der Waals surface area contributed by atoms with Crippen molar-refractivity contribution in [3.63, 3.8) is 0 Å². The minimum Gasteiger partial charge on any atom is -0.497 e. The lowest BCUT2D eigenvalue weighted by molar-refractivity contribution is 0.0491. The van der Waals surface area contributed by atoms with E-state index in [-0.39, 0.29) is 5.76 Å². The Morgan fingerprint density at radius 1 is 1.33 bits per heavy atom. The zero-order chi connectivity index (χ0) is 13.0. The largest absolute Gasteiger partial charge is 0.497 e. The van der Waals surface area contributed by atoms with E-state index in [4.69, 9.17) is 13.9 Å². The van der Waals surface area contributed by atoms with Crippen LogP contribution in [0.15, 0.2) is 34.9 Å². The van der Waals surface area contributed by atoms with Crippen LogP contribution in [-0.2, 0) is 4.74 Å². The number of benzene rings is 1. The molecule has 0 saturated carbocycles. The summed E-state index contributed by atoms with van der Waals surface area (Å²) in [6.07, 6.45) is 1.36. The van der Waals surface area contributed by atoms with Gasteiger partial charge in [-0.05, 0) is 31.2 Å². The van der Waals surface area contributed by atoms with Crippen molar-refractivity contribution in [1.29, 1.82) is 0 Å². The highest BCUT2D eigenvalue weighted by molar-refractivity contribution is 5.86. The highest BCUT2D eigenvalue weighted by Gasteiger charge is 2.14. The van der Waals surface area contributed by atoms with Gasteiger partial charge in [-0.25, -0.2) is 9.78 Å². The molecule has 2 aromatic rings. The van der Waals surface area contributed by atoms with E-state index < -0.39 is 5.97 Å². The van der Waals surface area contributed by atoms with E-state index in [9.17, 15) is 4.79 Å². The summed E-state index contributed by atoms with van der Waals surface area (Å²) in [6.45, 7) is 2.04. The number of nitrogens with zero attached hydrogens (tertiary/aromatic N) is 1. The van der Waals surface area contributed by atoms with Crippen LogP contribution in [-0.4, -0.2) is 24.7 Å². The Morgan fingerprint density at radius 3 is 2.67 bits per heavy atom. The second-order valence-corrected chi connectivity index (χ2v) is 3.48. The number of ether oxygens (including phenoxy) is 2. The SMILES string of the molecule is CCOC(=O)c1cnc(-c2ccc(OC)cc2)o1. The van der Waals surface area contributed by atoms with Crippen LogP contribution >= 0.6 is 0 Å². The molecule has 0 aliphatic carbocycles. The van der Waals surface area contributed by atoms with Crippen molar-refractivity contribution in [2.75, 3.05) is 13.7 Å². The zero-order valence-corrected chi connectivity index (χ0v) is 10.2. The van der Waals surface area contributed by atoms with Crippen LogP contribution in [0.1, 0.15) is 17.5 Å². The van der Waals surface area contributed by atoms with E-state index >= 15 is 0 Å². The summed E-state index contributed by atoms with van der Waals surface area (Å²) < 4.78 is 15.2. The van der Waals surface area contributed by atoms with Crippen molar-refractivity contribution >= 4 is 5.97 Å². The molecule has 0 N–H and O–H groups in total. The standard InChI is InChI=1S/C13H13NO4/c1-3-17-13(15)11-8-14-12(18-11)9-4-6-10(16-2)7-5-9/h4-8H,3H2,1-2H3. The zero-order valence-electron chi connectivity index (χ0n) is 10.2. The van der Waals surface area contributed by atoms with E-state index in [0.717, 1.165) is 11.3 Å². The molecular weight excluding hydrogens is 234 g/mol. The van der Waals surface area contributed by atoms with Crippen molar-refractivity contribution in [2.24, 2.45) is 0 Å². The molecule has 0 spiro atoms. The maximum Gasteiger partial charge on any atom is 0.375 e. The van der Waals surface area contributed by atoms with E-state index in [1.54, 1.807) is 38.3 Å². The number of rotatable bonds is 4. The molecule has 0 fully saturated rings. The maximum atomic E-state index is 11.4. The molecular formula is C13H13NO4. The van der Waals surface area contributed by atoms with Crippen LogP contribution < -0.4 is 4.74 Å². The molecule has 1 aromatic carbocycles. The monoisotopic (exact) mass is 247 g/mol. The van der Waals surface area contributed by atoms with E-state index in [0.29, 0.717) is 12.5 Å². The van der Waals surface area contributed by atoms with Gasteiger partial charge < -0.3 is 13.9 Å². The molecule has 0 aliphatic rings. The lowest BCUT2D eigenvalue weighted by atomic mass is 10.2. The summed E-state index contributed by atoms with van der Waals surface area (Å²) in [4.78, 5) is 15.5. The van der Waals surface area contributed by atoms with Gasteiger partial charge in [-0.1, -0.05) is 0 Å². The molecule has 18 heavy (non-hydrogen) atoms. The number of carbonyl (C=O) groups is 1. The molecule has 0 bridgehead atoms. The maximum absolute atomic E-state index is 11.4. The van der Waals surface area contributed by atoms with Gasteiger partial charge >= 0.3 is 5.97 Å². The van der Waals surface area contributed by atoms with Crippen molar-refractivity contribution in [3.8, 4) is 17.2 Å². The number of oxazole rings is 1. The first kappa shape index (κ1) is 12.2. The van der Waals surface area contributed by atoms with Crippen molar-refractivity contribution in [3.05, 3.63) is 36.2 Å². The third-order valence-corrected chi connectivity index (χ3v) is 2.32. The second-order valence-electron chi connectivity index (χ2n) is 3.48. The first-order valence-electron chi connectivity index (χ1n) is 5.52. The van der Waals surface area contributed by atoms with Gasteiger partial charge in [0.15, 0.2) is 0 Å². The Kier molecular flexibility index (Phi) is 3.62. The van der Waals surface area contributed by atoms with Gasteiger partial charge in [0.25, 0.3) is 0 Å². The Bertz CT molecular complexity index is 530. The Hall–Kier alpha value is -2.30. The average Bonchev–Trinajstić information content (AvgIpc) is 2.89. The molecule has 1 heterocycles. The number of esters is 1. The number of hydrogen-bond donors (Lipinski definition) is 0. The van der Waals surface area contributed by atoms with Gasteiger partial charge in [0.1, 0.15) is 5.75 Å². The second kappa shape index (κ2) is 5.35. The highest BCUT2D eigenvalue weighted by atomic mass is 16.5. The molecule has 0 unspecified atom stereocenters. The van der Waals surface area contributed by atoms with E-state index in [1.165, 1.54) is 6.20 Å². The average molecular weight is 247 g/mol. The smallest absolute Gasteiger partial charge is 0.375 e. The normalized spacial score (nSPS) is 10.1. The van der Waals surface area contributed by atoms with Crippen LogP contribution in [0, 0.1) is 0 Å². The van der Waals surface area contributed by atoms with Crippen LogP contribution in [0.25, 0.3) is 11.5 Å². The number of carbonyl (C=O) groups excluding carboxylic acids is 1.